The van der Waals surface area contributed by atoms with E-state index in [1.165, 1.54) is 77.0 Å². The summed E-state index contributed by atoms with van der Waals surface area (Å²) in [7, 11) is 0. The molecule has 1 unspecified atom stereocenters. The minimum Gasteiger partial charge on any atom is -0.466 e. The molecule has 3 nitrogen and oxygen atoms in total. The Morgan fingerprint density at radius 1 is 0.697 bits per heavy atom. The monoisotopic (exact) mass is 462 g/mol. The van der Waals surface area contributed by atoms with Gasteiger partial charge in [-0.15, -0.1) is 0 Å². The minimum absolute atomic E-state index is 0.101. The van der Waals surface area contributed by atoms with E-state index in [0.29, 0.717) is 25.4 Å². The van der Waals surface area contributed by atoms with Crippen molar-refractivity contribution in [2.75, 3.05) is 6.61 Å². The van der Waals surface area contributed by atoms with Gasteiger partial charge >= 0.3 is 5.97 Å². The van der Waals surface area contributed by atoms with Crippen LogP contribution in [0.1, 0.15) is 142 Å². The molecule has 1 atom stereocenters. The molecule has 0 heterocycles. The number of rotatable bonds is 25. The number of carbonyl (C=O) groups is 2. The van der Waals surface area contributed by atoms with E-state index in [1.807, 2.05) is 0 Å². The molecular formula is C30H54O3. The topological polar surface area (TPSA) is 43.4 Å². The van der Waals surface area contributed by atoms with Crippen LogP contribution in [-0.4, -0.2) is 18.9 Å². The van der Waals surface area contributed by atoms with Gasteiger partial charge in [-0.25, -0.2) is 0 Å². The molecule has 0 aromatic rings. The minimum atomic E-state index is -0.101. The maximum Gasteiger partial charge on any atom is 0.305 e. The van der Waals surface area contributed by atoms with Crippen molar-refractivity contribution in [3.8, 4) is 0 Å². The number of hydrogen-bond acceptors (Lipinski definition) is 3. The van der Waals surface area contributed by atoms with Crippen LogP contribution in [0, 0.1) is 5.92 Å². The fraction of sp³-hybridized carbons (Fsp3) is 0.800. The Kier molecular flexibility index (Phi) is 25.7. The zero-order valence-electron chi connectivity index (χ0n) is 22.0. The first-order valence-electron chi connectivity index (χ1n) is 14.1. The van der Waals surface area contributed by atoms with E-state index in [2.05, 4.69) is 38.2 Å². The van der Waals surface area contributed by atoms with Gasteiger partial charge in [-0.2, -0.15) is 0 Å². The molecule has 0 fully saturated rings. The second kappa shape index (κ2) is 26.9. The molecule has 33 heavy (non-hydrogen) atoms. The van der Waals surface area contributed by atoms with Crippen molar-refractivity contribution in [2.45, 2.75) is 142 Å². The van der Waals surface area contributed by atoms with Crippen LogP contribution in [-0.2, 0) is 14.3 Å². The molecule has 0 spiro atoms. The van der Waals surface area contributed by atoms with Crippen LogP contribution < -0.4 is 0 Å². The van der Waals surface area contributed by atoms with Crippen LogP contribution >= 0.6 is 0 Å². The number of allylic oxidation sites excluding steroid dienone is 4. The van der Waals surface area contributed by atoms with Crippen molar-refractivity contribution in [1.82, 2.24) is 0 Å². The van der Waals surface area contributed by atoms with Crippen molar-refractivity contribution in [1.29, 1.82) is 0 Å². The predicted octanol–water partition coefficient (Wildman–Crippen LogP) is 9.30. The Hall–Kier alpha value is -1.38. The number of ether oxygens (including phenoxy) is 1. The first-order chi connectivity index (χ1) is 16.2. The van der Waals surface area contributed by atoms with E-state index in [0.717, 1.165) is 44.8 Å². The van der Waals surface area contributed by atoms with Crippen LogP contribution in [0.5, 0.6) is 0 Å². The van der Waals surface area contributed by atoms with E-state index < -0.39 is 0 Å². The lowest BCUT2D eigenvalue weighted by Gasteiger charge is -2.13. The molecule has 0 aliphatic carbocycles. The summed E-state index contributed by atoms with van der Waals surface area (Å²) in [4.78, 5) is 22.8. The predicted molar refractivity (Wildman–Crippen MR) is 142 cm³/mol. The summed E-state index contributed by atoms with van der Waals surface area (Å²) in [5.41, 5.74) is 0. The number of aldehydes is 1. The second-order valence-corrected chi connectivity index (χ2v) is 9.46. The van der Waals surface area contributed by atoms with Crippen molar-refractivity contribution in [3.63, 3.8) is 0 Å². The lowest BCUT2D eigenvalue weighted by molar-refractivity contribution is -0.144. The van der Waals surface area contributed by atoms with Crippen LogP contribution in [0.3, 0.4) is 0 Å². The van der Waals surface area contributed by atoms with Crippen molar-refractivity contribution in [2.24, 2.45) is 5.92 Å². The second-order valence-electron chi connectivity index (χ2n) is 9.46. The van der Waals surface area contributed by atoms with Gasteiger partial charge in [0.25, 0.3) is 0 Å². The Bertz CT molecular complexity index is 481. The average molecular weight is 463 g/mol. The third-order valence-electron chi connectivity index (χ3n) is 6.26. The van der Waals surface area contributed by atoms with Gasteiger partial charge in [-0.1, -0.05) is 109 Å². The van der Waals surface area contributed by atoms with Gasteiger partial charge in [0.15, 0.2) is 0 Å². The van der Waals surface area contributed by atoms with Crippen LogP contribution in [0.2, 0.25) is 0 Å². The van der Waals surface area contributed by atoms with E-state index in [1.54, 1.807) is 0 Å². The summed E-state index contributed by atoms with van der Waals surface area (Å²) in [6, 6.07) is 0. The smallest absolute Gasteiger partial charge is 0.305 e. The lowest BCUT2D eigenvalue weighted by Crippen LogP contribution is -2.10. The molecule has 0 saturated carbocycles. The summed E-state index contributed by atoms with van der Waals surface area (Å²) < 4.78 is 5.28. The van der Waals surface area contributed by atoms with E-state index in [4.69, 9.17) is 4.74 Å². The molecule has 0 aliphatic rings. The Morgan fingerprint density at radius 3 is 1.91 bits per heavy atom. The average Bonchev–Trinajstić information content (AvgIpc) is 2.82. The summed E-state index contributed by atoms with van der Waals surface area (Å²) in [6.07, 6.45) is 32.8. The maximum atomic E-state index is 11.8. The quantitative estimate of drug-likeness (QED) is 0.0587. The molecule has 0 bridgehead atoms. The number of carbonyl (C=O) groups excluding carboxylic acids is 2. The summed E-state index contributed by atoms with van der Waals surface area (Å²) in [5.74, 6) is 0.236. The first-order valence-corrected chi connectivity index (χ1v) is 14.1. The van der Waals surface area contributed by atoms with E-state index in [9.17, 15) is 9.59 Å². The third-order valence-corrected chi connectivity index (χ3v) is 6.26. The highest BCUT2D eigenvalue weighted by Crippen LogP contribution is 2.20. The molecule has 192 valence electrons. The lowest BCUT2D eigenvalue weighted by atomic mass is 9.93. The van der Waals surface area contributed by atoms with Gasteiger partial charge in [0.1, 0.15) is 6.29 Å². The van der Waals surface area contributed by atoms with E-state index >= 15 is 0 Å². The Morgan fingerprint density at radius 2 is 1.27 bits per heavy atom. The first kappa shape index (κ1) is 31.6. The van der Waals surface area contributed by atoms with Gasteiger partial charge in [0, 0.05) is 12.8 Å². The normalized spacial score (nSPS) is 12.5. The molecular weight excluding hydrogens is 408 g/mol. The number of unbranched alkanes of at least 4 members (excludes halogenated alkanes) is 12. The summed E-state index contributed by atoms with van der Waals surface area (Å²) in [5, 5.41) is 0. The third kappa shape index (κ3) is 25.1. The van der Waals surface area contributed by atoms with Gasteiger partial charge in [-0.3, -0.25) is 4.79 Å². The van der Waals surface area contributed by atoms with Crippen LogP contribution in [0.15, 0.2) is 24.3 Å². The number of esters is 1. The Labute approximate surface area is 205 Å². The molecule has 0 radical (unpaired) electrons. The zero-order chi connectivity index (χ0) is 24.2. The van der Waals surface area contributed by atoms with Crippen molar-refractivity contribution in [3.05, 3.63) is 24.3 Å². The highest BCUT2D eigenvalue weighted by atomic mass is 16.5. The van der Waals surface area contributed by atoms with Gasteiger partial charge < -0.3 is 9.53 Å². The molecule has 0 rings (SSSR count). The van der Waals surface area contributed by atoms with Gasteiger partial charge in [0.2, 0.25) is 0 Å². The maximum absolute atomic E-state index is 11.8. The van der Waals surface area contributed by atoms with Crippen LogP contribution in [0.4, 0.5) is 0 Å². The molecule has 3 heteroatoms. The van der Waals surface area contributed by atoms with Crippen molar-refractivity contribution >= 4 is 12.3 Å². The highest BCUT2D eigenvalue weighted by Gasteiger charge is 2.12. The molecule has 0 amide bonds. The molecule has 0 aromatic heterocycles. The van der Waals surface area contributed by atoms with E-state index in [-0.39, 0.29) is 5.97 Å². The van der Waals surface area contributed by atoms with Gasteiger partial charge in [0.05, 0.1) is 6.61 Å². The molecule has 0 N–H and O–H groups in total. The molecule has 0 saturated heterocycles. The van der Waals surface area contributed by atoms with Crippen LogP contribution in [0.25, 0.3) is 0 Å². The summed E-state index contributed by atoms with van der Waals surface area (Å²) in [6.45, 7) is 4.93. The van der Waals surface area contributed by atoms with Gasteiger partial charge in [-0.05, 0) is 50.9 Å². The SMILES string of the molecule is CCCCC/C=C\C/C=C\CCCCCCCCCC(CC=O)CCC(=O)OCCCCC. The summed E-state index contributed by atoms with van der Waals surface area (Å²) >= 11 is 0. The molecule has 0 aromatic carbocycles. The fourth-order valence-corrected chi connectivity index (χ4v) is 4.05. The highest BCUT2D eigenvalue weighted by molar-refractivity contribution is 5.69. The molecule has 0 aliphatic heterocycles. The zero-order valence-corrected chi connectivity index (χ0v) is 22.0. The largest absolute Gasteiger partial charge is 0.466 e. The Balaban J connectivity index is 3.56. The number of hydrogen-bond donors (Lipinski definition) is 0. The van der Waals surface area contributed by atoms with Crippen molar-refractivity contribution < 1.29 is 14.3 Å². The fourth-order valence-electron chi connectivity index (χ4n) is 4.05. The standard InChI is InChI=1S/C30H54O3/c1-3-5-7-8-9-10-11-12-13-14-15-16-17-18-19-20-21-23-29(26-27-31)24-25-30(32)33-28-22-6-4-2/h9-10,12-13,27,29H,3-8,11,14-26,28H2,1-2H3/b10-9-,13-12-.